The van der Waals surface area contributed by atoms with Crippen LogP contribution in [0.25, 0.3) is 0 Å². The third kappa shape index (κ3) is 4.58. The standard InChI is InChI=1S/C18H17BrO5/c1-11(2)23-17(20)12-4-7-14(8-5-12)24-18(21)15-10-13(19)6-9-16(15)22-3/h4-11H,1-3H3. The molecule has 6 heteroatoms. The first-order valence-electron chi connectivity index (χ1n) is 7.27. The summed E-state index contributed by atoms with van der Waals surface area (Å²) in [5.41, 5.74) is 0.693. The highest BCUT2D eigenvalue weighted by atomic mass is 79.9. The molecule has 0 fully saturated rings. The predicted octanol–water partition coefficient (Wildman–Crippen LogP) is 4.24. The quantitative estimate of drug-likeness (QED) is 0.562. The fraction of sp³-hybridized carbons (Fsp3) is 0.222. The van der Waals surface area contributed by atoms with Crippen molar-refractivity contribution < 1.29 is 23.8 Å². The summed E-state index contributed by atoms with van der Waals surface area (Å²) < 4.78 is 16.3. The zero-order chi connectivity index (χ0) is 17.7. The van der Waals surface area contributed by atoms with Crippen molar-refractivity contribution in [1.29, 1.82) is 0 Å². The molecule has 0 saturated carbocycles. The summed E-state index contributed by atoms with van der Waals surface area (Å²) in [6.45, 7) is 3.55. The predicted molar refractivity (Wildman–Crippen MR) is 92.6 cm³/mol. The molecule has 0 atom stereocenters. The lowest BCUT2D eigenvalue weighted by molar-refractivity contribution is 0.0378. The maximum absolute atomic E-state index is 12.3. The Morgan fingerprint density at radius 2 is 1.67 bits per heavy atom. The van der Waals surface area contributed by atoms with Gasteiger partial charge in [0, 0.05) is 4.47 Å². The summed E-state index contributed by atoms with van der Waals surface area (Å²) in [6.07, 6.45) is -0.195. The molecule has 2 aromatic rings. The summed E-state index contributed by atoms with van der Waals surface area (Å²) in [4.78, 5) is 24.1. The average Bonchev–Trinajstić information content (AvgIpc) is 2.54. The second-order valence-corrected chi connectivity index (χ2v) is 6.13. The second kappa shape index (κ2) is 7.97. The molecule has 0 aliphatic carbocycles. The summed E-state index contributed by atoms with van der Waals surface area (Å²) >= 11 is 3.31. The van der Waals surface area contributed by atoms with Gasteiger partial charge >= 0.3 is 11.9 Å². The molecule has 0 heterocycles. The van der Waals surface area contributed by atoms with Crippen LogP contribution in [0.1, 0.15) is 34.6 Å². The SMILES string of the molecule is COc1ccc(Br)cc1C(=O)Oc1ccc(C(=O)OC(C)C)cc1. The minimum Gasteiger partial charge on any atom is -0.496 e. The molecule has 0 bridgehead atoms. The van der Waals surface area contributed by atoms with E-state index in [4.69, 9.17) is 14.2 Å². The van der Waals surface area contributed by atoms with Crippen molar-refractivity contribution >= 4 is 27.9 Å². The summed E-state index contributed by atoms with van der Waals surface area (Å²) in [5.74, 6) is -0.231. The van der Waals surface area contributed by atoms with Crippen molar-refractivity contribution in [2.75, 3.05) is 7.11 Å². The van der Waals surface area contributed by atoms with Gasteiger partial charge in [0.15, 0.2) is 0 Å². The molecule has 2 rings (SSSR count). The zero-order valence-corrected chi connectivity index (χ0v) is 15.1. The van der Waals surface area contributed by atoms with Crippen LogP contribution < -0.4 is 9.47 Å². The normalized spacial score (nSPS) is 10.4. The van der Waals surface area contributed by atoms with Gasteiger partial charge in [-0.05, 0) is 56.3 Å². The van der Waals surface area contributed by atoms with Crippen molar-refractivity contribution in [3.8, 4) is 11.5 Å². The maximum Gasteiger partial charge on any atom is 0.347 e. The van der Waals surface area contributed by atoms with Crippen molar-refractivity contribution in [1.82, 2.24) is 0 Å². The van der Waals surface area contributed by atoms with Gasteiger partial charge < -0.3 is 14.2 Å². The van der Waals surface area contributed by atoms with Crippen molar-refractivity contribution in [3.63, 3.8) is 0 Å². The van der Waals surface area contributed by atoms with Gasteiger partial charge in [-0.25, -0.2) is 9.59 Å². The van der Waals surface area contributed by atoms with Gasteiger partial charge in [0.2, 0.25) is 0 Å². The first kappa shape index (κ1) is 18.0. The number of rotatable bonds is 5. The molecule has 0 spiro atoms. The van der Waals surface area contributed by atoms with Crippen LogP contribution in [-0.4, -0.2) is 25.2 Å². The Labute approximate surface area is 148 Å². The first-order valence-corrected chi connectivity index (χ1v) is 8.06. The van der Waals surface area contributed by atoms with E-state index >= 15 is 0 Å². The van der Waals surface area contributed by atoms with Crippen LogP contribution in [-0.2, 0) is 4.74 Å². The minimum atomic E-state index is -0.550. The van der Waals surface area contributed by atoms with Gasteiger partial charge in [-0.1, -0.05) is 15.9 Å². The summed E-state index contributed by atoms with van der Waals surface area (Å²) in [5, 5.41) is 0. The number of benzene rings is 2. The number of hydrogen-bond donors (Lipinski definition) is 0. The highest BCUT2D eigenvalue weighted by molar-refractivity contribution is 9.10. The van der Waals surface area contributed by atoms with E-state index in [0.29, 0.717) is 22.6 Å². The molecule has 0 amide bonds. The van der Waals surface area contributed by atoms with Crippen molar-refractivity contribution in [2.45, 2.75) is 20.0 Å². The van der Waals surface area contributed by atoms with Crippen LogP contribution in [0, 0.1) is 0 Å². The van der Waals surface area contributed by atoms with E-state index in [-0.39, 0.29) is 6.10 Å². The molecule has 5 nitrogen and oxygen atoms in total. The molecular weight excluding hydrogens is 376 g/mol. The van der Waals surface area contributed by atoms with E-state index in [2.05, 4.69) is 15.9 Å². The summed E-state index contributed by atoms with van der Waals surface area (Å²) in [7, 11) is 1.48. The molecule has 0 N–H and O–H groups in total. The van der Waals surface area contributed by atoms with E-state index in [1.54, 1.807) is 56.3 Å². The Morgan fingerprint density at radius 3 is 2.25 bits per heavy atom. The number of esters is 2. The Morgan fingerprint density at radius 1 is 1.00 bits per heavy atom. The van der Waals surface area contributed by atoms with E-state index in [9.17, 15) is 9.59 Å². The van der Waals surface area contributed by atoms with Gasteiger partial charge in [0.05, 0.1) is 18.8 Å². The largest absolute Gasteiger partial charge is 0.496 e. The molecule has 0 aliphatic heterocycles. The topological polar surface area (TPSA) is 61.8 Å². The second-order valence-electron chi connectivity index (χ2n) is 5.21. The van der Waals surface area contributed by atoms with Crippen LogP contribution in [0.2, 0.25) is 0 Å². The van der Waals surface area contributed by atoms with E-state index in [1.165, 1.54) is 7.11 Å². The Bertz CT molecular complexity index is 738. The molecule has 0 aromatic heterocycles. The average molecular weight is 393 g/mol. The molecular formula is C18H17BrO5. The monoisotopic (exact) mass is 392 g/mol. The lowest BCUT2D eigenvalue weighted by atomic mass is 10.2. The number of ether oxygens (including phenoxy) is 3. The third-order valence-electron chi connectivity index (χ3n) is 3.02. The van der Waals surface area contributed by atoms with Crippen LogP contribution in [0.5, 0.6) is 11.5 Å². The lowest BCUT2D eigenvalue weighted by Gasteiger charge is -2.10. The molecule has 2 aromatic carbocycles. The molecule has 0 unspecified atom stereocenters. The van der Waals surface area contributed by atoms with Gasteiger partial charge in [-0.3, -0.25) is 0 Å². The Balaban J connectivity index is 2.13. The highest BCUT2D eigenvalue weighted by Gasteiger charge is 2.16. The molecule has 0 radical (unpaired) electrons. The van der Waals surface area contributed by atoms with Gasteiger partial charge in [-0.2, -0.15) is 0 Å². The Hall–Kier alpha value is -2.34. The van der Waals surface area contributed by atoms with Crippen LogP contribution >= 0.6 is 15.9 Å². The van der Waals surface area contributed by atoms with E-state index in [0.717, 1.165) is 4.47 Å². The van der Waals surface area contributed by atoms with Crippen molar-refractivity contribution in [2.24, 2.45) is 0 Å². The number of carbonyl (C=O) groups is 2. The maximum atomic E-state index is 12.3. The summed E-state index contributed by atoms with van der Waals surface area (Å²) in [6, 6.07) is 11.2. The number of carbonyl (C=O) groups excluding carboxylic acids is 2. The highest BCUT2D eigenvalue weighted by Crippen LogP contribution is 2.25. The zero-order valence-electron chi connectivity index (χ0n) is 13.5. The molecule has 0 aliphatic rings. The fourth-order valence-corrected chi connectivity index (χ4v) is 2.30. The fourth-order valence-electron chi connectivity index (χ4n) is 1.94. The smallest absolute Gasteiger partial charge is 0.347 e. The number of halogens is 1. The number of hydrogen-bond acceptors (Lipinski definition) is 5. The van der Waals surface area contributed by atoms with Gasteiger partial charge in [0.25, 0.3) is 0 Å². The van der Waals surface area contributed by atoms with Gasteiger partial charge in [0.1, 0.15) is 17.1 Å². The van der Waals surface area contributed by atoms with E-state index in [1.807, 2.05) is 0 Å². The molecule has 24 heavy (non-hydrogen) atoms. The number of methoxy groups -OCH3 is 1. The third-order valence-corrected chi connectivity index (χ3v) is 3.52. The Kier molecular flexibility index (Phi) is 5.98. The first-order chi connectivity index (χ1) is 11.4. The van der Waals surface area contributed by atoms with Crippen LogP contribution in [0.3, 0.4) is 0 Å². The van der Waals surface area contributed by atoms with E-state index < -0.39 is 11.9 Å². The van der Waals surface area contributed by atoms with Gasteiger partial charge in [-0.15, -0.1) is 0 Å². The lowest BCUT2D eigenvalue weighted by Crippen LogP contribution is -2.12. The van der Waals surface area contributed by atoms with Crippen molar-refractivity contribution in [3.05, 3.63) is 58.1 Å². The van der Waals surface area contributed by atoms with Crippen LogP contribution in [0.4, 0.5) is 0 Å². The molecule has 0 saturated heterocycles. The molecule has 126 valence electrons. The van der Waals surface area contributed by atoms with Crippen LogP contribution in [0.15, 0.2) is 46.9 Å². The minimum absolute atomic E-state index is 0.195.